The number of hydrogen-bond donors (Lipinski definition) is 1. The van der Waals surface area contributed by atoms with E-state index in [1.54, 1.807) is 12.1 Å². The Morgan fingerprint density at radius 3 is 2.55 bits per heavy atom. The van der Waals surface area contributed by atoms with Crippen LogP contribution in [0.4, 0.5) is 5.69 Å². The van der Waals surface area contributed by atoms with Gasteiger partial charge >= 0.3 is 0 Å². The minimum Gasteiger partial charge on any atom is -0.351 e. The van der Waals surface area contributed by atoms with Crippen molar-refractivity contribution in [3.63, 3.8) is 0 Å². The van der Waals surface area contributed by atoms with E-state index in [9.17, 15) is 14.9 Å². The number of non-ortho nitro benzene ring substituents is 1. The van der Waals surface area contributed by atoms with E-state index >= 15 is 0 Å². The lowest BCUT2D eigenvalue weighted by Crippen LogP contribution is -2.28. The molecule has 5 nitrogen and oxygen atoms in total. The number of rotatable bonds is 6. The third kappa shape index (κ3) is 3.91. The Morgan fingerprint density at radius 1 is 1.18 bits per heavy atom. The highest BCUT2D eigenvalue weighted by Gasteiger charge is 2.20. The van der Waals surface area contributed by atoms with Crippen molar-refractivity contribution in [1.82, 2.24) is 5.32 Å². The maximum atomic E-state index is 12.3. The molecule has 114 valence electrons. The predicted molar refractivity (Wildman–Crippen MR) is 84.4 cm³/mol. The quantitative estimate of drug-likeness (QED) is 0.656. The zero-order valence-electron chi connectivity index (χ0n) is 12.4. The van der Waals surface area contributed by atoms with Crippen LogP contribution in [0, 0.1) is 10.1 Å². The van der Waals surface area contributed by atoms with E-state index in [1.807, 2.05) is 37.3 Å². The molecule has 1 amide bonds. The summed E-state index contributed by atoms with van der Waals surface area (Å²) in [5.74, 6) is -0.504. The summed E-state index contributed by atoms with van der Waals surface area (Å²) in [7, 11) is 0. The molecule has 0 unspecified atom stereocenters. The minimum absolute atomic E-state index is 0.00630. The van der Waals surface area contributed by atoms with Crippen molar-refractivity contribution in [3.05, 3.63) is 75.8 Å². The summed E-state index contributed by atoms with van der Waals surface area (Å²) in [4.78, 5) is 22.8. The van der Waals surface area contributed by atoms with Gasteiger partial charge in [0.1, 0.15) is 0 Å². The molecule has 0 aromatic heterocycles. The van der Waals surface area contributed by atoms with Crippen LogP contribution < -0.4 is 5.32 Å². The Hall–Kier alpha value is -2.69. The number of benzene rings is 2. The minimum atomic E-state index is -0.446. The normalized spacial score (nSPS) is 11.7. The van der Waals surface area contributed by atoms with Gasteiger partial charge in [-0.1, -0.05) is 49.4 Å². The fourth-order valence-corrected chi connectivity index (χ4v) is 2.34. The summed E-state index contributed by atoms with van der Waals surface area (Å²) < 4.78 is 0. The van der Waals surface area contributed by atoms with Crippen LogP contribution in [0.2, 0.25) is 0 Å². The van der Waals surface area contributed by atoms with Crippen LogP contribution in [-0.2, 0) is 11.3 Å². The smallest absolute Gasteiger partial charge is 0.269 e. The van der Waals surface area contributed by atoms with Gasteiger partial charge in [0.2, 0.25) is 5.91 Å². The lowest BCUT2D eigenvalue weighted by molar-refractivity contribution is -0.384. The van der Waals surface area contributed by atoms with Crippen molar-refractivity contribution in [2.45, 2.75) is 25.8 Å². The first-order valence-corrected chi connectivity index (χ1v) is 7.17. The molecule has 0 aliphatic rings. The molecule has 0 saturated carbocycles. The van der Waals surface area contributed by atoms with Crippen molar-refractivity contribution < 1.29 is 9.72 Å². The van der Waals surface area contributed by atoms with E-state index in [0.717, 1.165) is 5.56 Å². The summed E-state index contributed by atoms with van der Waals surface area (Å²) >= 11 is 0. The molecular formula is C17H18N2O3. The SMILES string of the molecule is CC[C@@H](C(=O)NCc1ccccc1)c1cccc([N+](=O)[O-])c1. The fourth-order valence-electron chi connectivity index (χ4n) is 2.34. The molecule has 0 aliphatic carbocycles. The van der Waals surface area contributed by atoms with Crippen LogP contribution in [0.5, 0.6) is 0 Å². The number of carbonyl (C=O) groups excluding carboxylic acids is 1. The van der Waals surface area contributed by atoms with Crippen LogP contribution >= 0.6 is 0 Å². The Kier molecular flexibility index (Phi) is 5.25. The van der Waals surface area contributed by atoms with Crippen LogP contribution in [0.25, 0.3) is 0 Å². The summed E-state index contributed by atoms with van der Waals surface area (Å²) in [5, 5.41) is 13.7. The molecule has 0 aliphatic heterocycles. The molecule has 22 heavy (non-hydrogen) atoms. The van der Waals surface area contributed by atoms with Gasteiger partial charge in [-0.05, 0) is 17.5 Å². The highest BCUT2D eigenvalue weighted by atomic mass is 16.6. The van der Waals surface area contributed by atoms with Gasteiger partial charge in [-0.3, -0.25) is 14.9 Å². The van der Waals surface area contributed by atoms with Gasteiger partial charge in [-0.15, -0.1) is 0 Å². The van der Waals surface area contributed by atoms with Crippen LogP contribution in [0.15, 0.2) is 54.6 Å². The maximum Gasteiger partial charge on any atom is 0.269 e. The van der Waals surface area contributed by atoms with Crippen molar-refractivity contribution in [1.29, 1.82) is 0 Å². The molecule has 1 N–H and O–H groups in total. The third-order valence-electron chi connectivity index (χ3n) is 3.52. The zero-order valence-corrected chi connectivity index (χ0v) is 12.4. The molecular weight excluding hydrogens is 280 g/mol. The molecule has 5 heteroatoms. The second-order valence-electron chi connectivity index (χ2n) is 5.02. The monoisotopic (exact) mass is 298 g/mol. The Morgan fingerprint density at radius 2 is 1.91 bits per heavy atom. The topological polar surface area (TPSA) is 72.2 Å². The predicted octanol–water partition coefficient (Wildman–Crippen LogP) is 3.40. The van der Waals surface area contributed by atoms with E-state index in [2.05, 4.69) is 5.32 Å². The summed E-state index contributed by atoms with van der Waals surface area (Å²) in [6.07, 6.45) is 0.585. The highest BCUT2D eigenvalue weighted by molar-refractivity contribution is 5.83. The van der Waals surface area contributed by atoms with Gasteiger partial charge in [-0.2, -0.15) is 0 Å². The summed E-state index contributed by atoms with van der Waals surface area (Å²) in [5.41, 5.74) is 1.69. The van der Waals surface area contributed by atoms with Crippen molar-refractivity contribution in [2.24, 2.45) is 0 Å². The summed E-state index contributed by atoms with van der Waals surface area (Å²) in [6, 6.07) is 15.9. The number of nitro benzene ring substituents is 1. The second kappa shape index (κ2) is 7.36. The molecule has 2 aromatic rings. The Labute approximate surface area is 129 Å². The second-order valence-corrected chi connectivity index (χ2v) is 5.02. The standard InChI is InChI=1S/C17H18N2O3/c1-2-16(14-9-6-10-15(11-14)19(21)22)17(20)18-12-13-7-4-3-5-8-13/h3-11,16H,2,12H2,1H3,(H,18,20)/t16-/m1/s1. The van der Waals surface area contributed by atoms with Gasteiger partial charge in [0, 0.05) is 18.7 Å². The van der Waals surface area contributed by atoms with Gasteiger partial charge < -0.3 is 5.32 Å². The van der Waals surface area contributed by atoms with Crippen molar-refractivity contribution in [3.8, 4) is 0 Å². The first-order chi connectivity index (χ1) is 10.6. The van der Waals surface area contributed by atoms with Crippen molar-refractivity contribution >= 4 is 11.6 Å². The largest absolute Gasteiger partial charge is 0.351 e. The van der Waals surface area contributed by atoms with Gasteiger partial charge in [0.05, 0.1) is 10.8 Å². The third-order valence-corrected chi connectivity index (χ3v) is 3.52. The number of amides is 1. The van der Waals surface area contributed by atoms with E-state index < -0.39 is 4.92 Å². The number of nitro groups is 1. The van der Waals surface area contributed by atoms with E-state index in [-0.39, 0.29) is 17.5 Å². The van der Waals surface area contributed by atoms with E-state index in [0.29, 0.717) is 18.5 Å². The summed E-state index contributed by atoms with van der Waals surface area (Å²) in [6.45, 7) is 2.34. The van der Waals surface area contributed by atoms with Crippen LogP contribution in [0.3, 0.4) is 0 Å². The number of hydrogen-bond acceptors (Lipinski definition) is 3. The van der Waals surface area contributed by atoms with Gasteiger partial charge in [-0.25, -0.2) is 0 Å². The molecule has 2 aromatic carbocycles. The Balaban J connectivity index is 2.08. The van der Waals surface area contributed by atoms with Crippen LogP contribution in [-0.4, -0.2) is 10.8 Å². The zero-order chi connectivity index (χ0) is 15.9. The van der Waals surface area contributed by atoms with Crippen molar-refractivity contribution in [2.75, 3.05) is 0 Å². The number of carbonyl (C=O) groups is 1. The van der Waals surface area contributed by atoms with E-state index in [1.165, 1.54) is 12.1 Å². The highest BCUT2D eigenvalue weighted by Crippen LogP contribution is 2.23. The fraction of sp³-hybridized carbons (Fsp3) is 0.235. The average molecular weight is 298 g/mol. The molecule has 0 radical (unpaired) electrons. The number of nitrogens with zero attached hydrogens (tertiary/aromatic N) is 1. The first kappa shape index (κ1) is 15.7. The molecule has 0 fully saturated rings. The Bertz CT molecular complexity index is 656. The molecule has 0 saturated heterocycles. The molecule has 1 atom stereocenters. The van der Waals surface area contributed by atoms with Gasteiger partial charge in [0.25, 0.3) is 5.69 Å². The molecule has 0 bridgehead atoms. The molecule has 0 spiro atoms. The molecule has 2 rings (SSSR count). The number of nitrogens with one attached hydrogen (secondary N) is 1. The maximum absolute atomic E-state index is 12.3. The first-order valence-electron chi connectivity index (χ1n) is 7.17. The molecule has 0 heterocycles. The van der Waals surface area contributed by atoms with E-state index in [4.69, 9.17) is 0 Å². The van der Waals surface area contributed by atoms with Gasteiger partial charge in [0.15, 0.2) is 0 Å². The van der Waals surface area contributed by atoms with Crippen LogP contribution in [0.1, 0.15) is 30.4 Å². The average Bonchev–Trinajstić information content (AvgIpc) is 2.55. The lowest BCUT2D eigenvalue weighted by Gasteiger charge is -2.15. The lowest BCUT2D eigenvalue weighted by atomic mass is 9.95.